The average molecular weight is 425 g/mol. The number of hydrogen-bond donors (Lipinski definition) is 0. The van der Waals surface area contributed by atoms with Crippen molar-refractivity contribution in [2.75, 3.05) is 38.1 Å². The largest absolute Gasteiger partial charge is 0.342 e. The Morgan fingerprint density at radius 1 is 1.16 bits per heavy atom. The highest BCUT2D eigenvalue weighted by molar-refractivity contribution is 6.00. The van der Waals surface area contributed by atoms with Gasteiger partial charge in [-0.3, -0.25) is 14.6 Å². The van der Waals surface area contributed by atoms with Gasteiger partial charge in [-0.25, -0.2) is 4.39 Å². The lowest BCUT2D eigenvalue weighted by Crippen LogP contribution is -2.48. The number of para-hydroxylation sites is 1. The van der Waals surface area contributed by atoms with Gasteiger partial charge in [0.15, 0.2) is 0 Å². The number of benzene rings is 1. The van der Waals surface area contributed by atoms with E-state index in [1.165, 1.54) is 11.0 Å². The van der Waals surface area contributed by atoms with Crippen LogP contribution < -0.4 is 4.90 Å². The van der Waals surface area contributed by atoms with Crippen LogP contribution in [0.15, 0.2) is 48.7 Å². The molecule has 2 aromatic rings. The summed E-state index contributed by atoms with van der Waals surface area (Å²) in [5.74, 6) is -1.06. The standard InChI is InChI=1S/C24H29FN4O2/c1-27(20-10-14-28(15-11-20)13-9-19-6-4-5-12-26-19)24(31)18-16-23(30)29(17-18)22-8-3-2-7-21(22)25/h2-8,12,18,20H,9-11,13-17H2,1H3. The van der Waals surface area contributed by atoms with Crippen molar-refractivity contribution < 1.29 is 14.0 Å². The molecule has 0 N–H and O–H groups in total. The van der Waals surface area contributed by atoms with Gasteiger partial charge in [0.05, 0.1) is 11.6 Å². The number of amides is 2. The van der Waals surface area contributed by atoms with Gasteiger partial charge < -0.3 is 14.7 Å². The number of rotatable bonds is 6. The Morgan fingerprint density at radius 3 is 2.61 bits per heavy atom. The van der Waals surface area contributed by atoms with Crippen molar-refractivity contribution in [2.24, 2.45) is 5.92 Å². The van der Waals surface area contributed by atoms with Crippen LogP contribution in [0.3, 0.4) is 0 Å². The fourth-order valence-electron chi connectivity index (χ4n) is 4.59. The minimum atomic E-state index is -0.435. The van der Waals surface area contributed by atoms with Crippen LogP contribution in [-0.4, -0.2) is 65.9 Å². The molecule has 31 heavy (non-hydrogen) atoms. The van der Waals surface area contributed by atoms with Crippen molar-refractivity contribution >= 4 is 17.5 Å². The van der Waals surface area contributed by atoms with E-state index in [1.807, 2.05) is 36.3 Å². The molecule has 2 amide bonds. The second-order valence-corrected chi connectivity index (χ2v) is 8.45. The van der Waals surface area contributed by atoms with Crippen molar-refractivity contribution in [3.8, 4) is 0 Å². The maximum absolute atomic E-state index is 14.1. The van der Waals surface area contributed by atoms with E-state index in [0.29, 0.717) is 0 Å². The number of piperidine rings is 1. The molecule has 4 rings (SSSR count). The highest BCUT2D eigenvalue weighted by atomic mass is 19.1. The number of nitrogens with zero attached hydrogens (tertiary/aromatic N) is 4. The first kappa shape index (κ1) is 21.4. The zero-order valence-electron chi connectivity index (χ0n) is 17.9. The lowest BCUT2D eigenvalue weighted by molar-refractivity contribution is -0.137. The first-order valence-corrected chi connectivity index (χ1v) is 11.0. The normalized spacial score (nSPS) is 20.3. The third-order valence-corrected chi connectivity index (χ3v) is 6.48. The molecule has 0 bridgehead atoms. The Morgan fingerprint density at radius 2 is 1.90 bits per heavy atom. The lowest BCUT2D eigenvalue weighted by Gasteiger charge is -2.37. The zero-order valence-corrected chi connectivity index (χ0v) is 17.9. The molecule has 3 heterocycles. The summed E-state index contributed by atoms with van der Waals surface area (Å²) in [4.78, 5) is 35.5. The fraction of sp³-hybridized carbons (Fsp3) is 0.458. The molecule has 2 saturated heterocycles. The molecule has 0 spiro atoms. The maximum Gasteiger partial charge on any atom is 0.228 e. The highest BCUT2D eigenvalue weighted by Gasteiger charge is 2.39. The van der Waals surface area contributed by atoms with Gasteiger partial charge in [0, 0.05) is 64.0 Å². The van der Waals surface area contributed by atoms with Gasteiger partial charge in [-0.2, -0.15) is 0 Å². The van der Waals surface area contributed by atoms with Crippen LogP contribution in [0.4, 0.5) is 10.1 Å². The quantitative estimate of drug-likeness (QED) is 0.716. The number of carbonyl (C=O) groups excluding carboxylic acids is 2. The van der Waals surface area contributed by atoms with Crippen LogP contribution in [-0.2, 0) is 16.0 Å². The fourth-order valence-corrected chi connectivity index (χ4v) is 4.59. The highest BCUT2D eigenvalue weighted by Crippen LogP contribution is 2.29. The smallest absolute Gasteiger partial charge is 0.228 e. The number of aromatic nitrogens is 1. The molecule has 1 aromatic heterocycles. The number of anilines is 1. The van der Waals surface area contributed by atoms with Crippen molar-refractivity contribution in [1.29, 1.82) is 0 Å². The Kier molecular flexibility index (Phi) is 6.61. The number of halogens is 1. The summed E-state index contributed by atoms with van der Waals surface area (Å²) in [6, 6.07) is 12.4. The topological polar surface area (TPSA) is 56.8 Å². The Labute approximate surface area is 182 Å². The molecule has 0 saturated carbocycles. The van der Waals surface area contributed by atoms with Crippen molar-refractivity contribution in [1.82, 2.24) is 14.8 Å². The first-order valence-electron chi connectivity index (χ1n) is 11.0. The monoisotopic (exact) mass is 424 g/mol. The average Bonchev–Trinajstić information content (AvgIpc) is 3.19. The molecule has 164 valence electrons. The van der Waals surface area contributed by atoms with E-state index in [2.05, 4.69) is 9.88 Å². The lowest BCUT2D eigenvalue weighted by atomic mass is 10.00. The Hall–Kier alpha value is -2.80. The van der Waals surface area contributed by atoms with Gasteiger partial charge >= 0.3 is 0 Å². The molecule has 2 aliphatic heterocycles. The summed E-state index contributed by atoms with van der Waals surface area (Å²) in [6.07, 6.45) is 4.73. The predicted molar refractivity (Wildman–Crippen MR) is 117 cm³/mol. The summed E-state index contributed by atoms with van der Waals surface area (Å²) in [6.45, 7) is 3.10. The summed E-state index contributed by atoms with van der Waals surface area (Å²) in [5.41, 5.74) is 1.36. The summed E-state index contributed by atoms with van der Waals surface area (Å²) < 4.78 is 14.1. The Bertz CT molecular complexity index is 915. The predicted octanol–water partition coefficient (Wildman–Crippen LogP) is 2.74. The first-order chi connectivity index (χ1) is 15.0. The Balaban J connectivity index is 1.28. The molecule has 2 aliphatic rings. The number of carbonyl (C=O) groups is 2. The van der Waals surface area contributed by atoms with Gasteiger partial charge in [-0.05, 0) is 37.1 Å². The second-order valence-electron chi connectivity index (χ2n) is 8.45. The van der Waals surface area contributed by atoms with Gasteiger partial charge in [-0.1, -0.05) is 18.2 Å². The van der Waals surface area contributed by atoms with E-state index in [9.17, 15) is 14.0 Å². The van der Waals surface area contributed by atoms with E-state index in [0.717, 1.165) is 44.6 Å². The van der Waals surface area contributed by atoms with E-state index < -0.39 is 11.7 Å². The third-order valence-electron chi connectivity index (χ3n) is 6.48. The van der Waals surface area contributed by atoms with Crippen LogP contribution in [0.2, 0.25) is 0 Å². The van der Waals surface area contributed by atoms with Crippen LogP contribution in [0.5, 0.6) is 0 Å². The van der Waals surface area contributed by atoms with Gasteiger partial charge in [0.25, 0.3) is 0 Å². The van der Waals surface area contributed by atoms with Crippen LogP contribution in [0, 0.1) is 11.7 Å². The number of likely N-dealkylation sites (tertiary alicyclic amines) is 1. The van der Waals surface area contributed by atoms with Crippen LogP contribution in [0.1, 0.15) is 25.0 Å². The van der Waals surface area contributed by atoms with Gasteiger partial charge in [0.2, 0.25) is 11.8 Å². The third kappa shape index (κ3) is 4.93. The van der Waals surface area contributed by atoms with Crippen molar-refractivity contribution in [2.45, 2.75) is 31.7 Å². The zero-order chi connectivity index (χ0) is 21.8. The summed E-state index contributed by atoms with van der Waals surface area (Å²) in [7, 11) is 1.84. The van der Waals surface area contributed by atoms with Gasteiger partial charge in [0.1, 0.15) is 5.82 Å². The van der Waals surface area contributed by atoms with E-state index >= 15 is 0 Å². The molecule has 7 heteroatoms. The minimum Gasteiger partial charge on any atom is -0.342 e. The summed E-state index contributed by atoms with van der Waals surface area (Å²) in [5, 5.41) is 0. The van der Waals surface area contributed by atoms with E-state index in [4.69, 9.17) is 0 Å². The molecule has 2 fully saturated rings. The SMILES string of the molecule is CN(C(=O)C1CC(=O)N(c2ccccc2F)C1)C1CCN(CCc2ccccn2)CC1. The van der Waals surface area contributed by atoms with Gasteiger partial charge in [-0.15, -0.1) is 0 Å². The molecule has 1 atom stereocenters. The molecule has 1 aromatic carbocycles. The van der Waals surface area contributed by atoms with Crippen molar-refractivity contribution in [3.63, 3.8) is 0 Å². The molecule has 1 unspecified atom stereocenters. The number of pyridine rings is 1. The molecular weight excluding hydrogens is 395 g/mol. The molecular formula is C24H29FN4O2. The van der Waals surface area contributed by atoms with Crippen LogP contribution >= 0.6 is 0 Å². The molecule has 0 aliphatic carbocycles. The molecule has 6 nitrogen and oxygen atoms in total. The van der Waals surface area contributed by atoms with E-state index in [-0.39, 0.29) is 36.5 Å². The van der Waals surface area contributed by atoms with E-state index in [1.54, 1.807) is 18.2 Å². The van der Waals surface area contributed by atoms with Crippen molar-refractivity contribution in [3.05, 3.63) is 60.2 Å². The summed E-state index contributed by atoms with van der Waals surface area (Å²) >= 11 is 0. The van der Waals surface area contributed by atoms with Crippen LogP contribution in [0.25, 0.3) is 0 Å². The number of hydrogen-bond acceptors (Lipinski definition) is 4. The maximum atomic E-state index is 14.1. The second kappa shape index (κ2) is 9.56. The molecule has 0 radical (unpaired) electrons. The minimum absolute atomic E-state index is 0.0147.